The van der Waals surface area contributed by atoms with Crippen molar-refractivity contribution >= 4 is 27.0 Å². The third-order valence-corrected chi connectivity index (χ3v) is 7.32. The van der Waals surface area contributed by atoms with Crippen molar-refractivity contribution in [2.45, 2.75) is 49.6 Å². The van der Waals surface area contributed by atoms with Crippen molar-refractivity contribution in [1.29, 1.82) is 0 Å². The Morgan fingerprint density at radius 3 is 2.75 bits per heavy atom. The molecular formula is C23H28N4O4S. The van der Waals surface area contributed by atoms with Crippen LogP contribution in [0.1, 0.15) is 42.5 Å². The van der Waals surface area contributed by atoms with Gasteiger partial charge in [-0.2, -0.15) is 0 Å². The number of nitrogens with one attached hydrogen (secondary N) is 2. The number of fused-ring (bicyclic) bond motifs is 1. The van der Waals surface area contributed by atoms with Crippen molar-refractivity contribution in [3.05, 3.63) is 54.4 Å². The van der Waals surface area contributed by atoms with Gasteiger partial charge >= 0.3 is 0 Å². The molecule has 0 aliphatic heterocycles. The molecule has 0 radical (unpaired) electrons. The number of hydrogen-bond acceptors (Lipinski definition) is 5. The lowest BCUT2D eigenvalue weighted by Gasteiger charge is -2.16. The highest BCUT2D eigenvalue weighted by molar-refractivity contribution is 7.89. The normalized spacial score (nSPS) is 14.7. The van der Waals surface area contributed by atoms with Gasteiger partial charge in [-0.25, -0.2) is 18.1 Å². The third kappa shape index (κ3) is 4.94. The number of nitrogens with zero attached hydrogens (tertiary/aromatic N) is 2. The van der Waals surface area contributed by atoms with Gasteiger partial charge in [-0.15, -0.1) is 0 Å². The van der Waals surface area contributed by atoms with Crippen LogP contribution < -0.4 is 14.8 Å². The van der Waals surface area contributed by atoms with E-state index in [0.29, 0.717) is 13.1 Å². The average Bonchev–Trinajstić information content (AvgIpc) is 3.45. The van der Waals surface area contributed by atoms with E-state index in [2.05, 4.69) is 15.0 Å². The zero-order valence-corrected chi connectivity index (χ0v) is 18.9. The number of benzene rings is 2. The maximum absolute atomic E-state index is 12.9. The SMILES string of the molecule is COc1ccc(C(=O)NCCCn2cnc3ccccc32)cc1S(=O)(=O)NC1CCCC1. The number of rotatable bonds is 9. The summed E-state index contributed by atoms with van der Waals surface area (Å²) in [5.41, 5.74) is 2.28. The fraction of sp³-hybridized carbons (Fsp3) is 0.391. The van der Waals surface area contributed by atoms with Gasteiger partial charge in [-0.3, -0.25) is 4.79 Å². The van der Waals surface area contributed by atoms with Gasteiger partial charge in [-0.1, -0.05) is 25.0 Å². The molecular weight excluding hydrogens is 428 g/mol. The maximum atomic E-state index is 12.9. The molecule has 0 spiro atoms. The van der Waals surface area contributed by atoms with Crippen molar-refractivity contribution in [2.75, 3.05) is 13.7 Å². The van der Waals surface area contributed by atoms with Gasteiger partial charge < -0.3 is 14.6 Å². The van der Waals surface area contributed by atoms with Crippen LogP contribution in [-0.2, 0) is 16.6 Å². The summed E-state index contributed by atoms with van der Waals surface area (Å²) in [5.74, 6) is -0.0977. The topological polar surface area (TPSA) is 102 Å². The predicted octanol–water partition coefficient (Wildman–Crippen LogP) is 3.09. The molecule has 1 aliphatic rings. The highest BCUT2D eigenvalue weighted by atomic mass is 32.2. The van der Waals surface area contributed by atoms with Crippen LogP contribution in [0, 0.1) is 0 Å². The number of hydrogen-bond donors (Lipinski definition) is 2. The minimum Gasteiger partial charge on any atom is -0.495 e. The van der Waals surface area contributed by atoms with Crippen molar-refractivity contribution in [1.82, 2.24) is 19.6 Å². The van der Waals surface area contributed by atoms with E-state index < -0.39 is 10.0 Å². The van der Waals surface area contributed by atoms with Gasteiger partial charge in [0, 0.05) is 24.7 Å². The molecule has 0 atom stereocenters. The summed E-state index contributed by atoms with van der Waals surface area (Å²) in [6, 6.07) is 12.3. The van der Waals surface area contributed by atoms with Crippen LogP contribution in [-0.4, -0.2) is 43.6 Å². The summed E-state index contributed by atoms with van der Waals surface area (Å²) in [5, 5.41) is 2.87. The van der Waals surface area contributed by atoms with Crippen LogP contribution in [0.5, 0.6) is 5.75 Å². The van der Waals surface area contributed by atoms with Gasteiger partial charge in [0.15, 0.2) is 0 Å². The third-order valence-electron chi connectivity index (χ3n) is 5.78. The first-order valence-electron chi connectivity index (χ1n) is 10.9. The Kier molecular flexibility index (Phi) is 6.76. The monoisotopic (exact) mass is 456 g/mol. The van der Waals surface area contributed by atoms with E-state index in [1.807, 2.05) is 28.8 Å². The van der Waals surface area contributed by atoms with E-state index in [9.17, 15) is 13.2 Å². The van der Waals surface area contributed by atoms with Gasteiger partial charge in [0.1, 0.15) is 10.6 Å². The molecule has 1 saturated carbocycles. The Labute approximate surface area is 188 Å². The molecule has 2 N–H and O–H groups in total. The zero-order valence-electron chi connectivity index (χ0n) is 18.1. The minimum atomic E-state index is -3.78. The van der Waals surface area contributed by atoms with E-state index in [1.54, 1.807) is 12.4 Å². The molecule has 2 aromatic carbocycles. The highest BCUT2D eigenvalue weighted by Crippen LogP contribution is 2.27. The van der Waals surface area contributed by atoms with Crippen LogP contribution in [0.25, 0.3) is 11.0 Å². The first kappa shape index (κ1) is 22.3. The van der Waals surface area contributed by atoms with Crippen LogP contribution in [0.4, 0.5) is 0 Å². The first-order chi connectivity index (χ1) is 15.5. The summed E-state index contributed by atoms with van der Waals surface area (Å²) in [7, 11) is -2.36. The van der Waals surface area contributed by atoms with Crippen LogP contribution in [0.3, 0.4) is 0 Å². The molecule has 8 nitrogen and oxygen atoms in total. The molecule has 1 amide bonds. The number of ether oxygens (including phenoxy) is 1. The summed E-state index contributed by atoms with van der Waals surface area (Å²) in [4.78, 5) is 17.0. The number of carbonyl (C=O) groups excluding carboxylic acids is 1. The van der Waals surface area contributed by atoms with E-state index in [-0.39, 0.29) is 28.2 Å². The lowest BCUT2D eigenvalue weighted by Crippen LogP contribution is -2.33. The van der Waals surface area contributed by atoms with E-state index in [0.717, 1.165) is 43.1 Å². The quantitative estimate of drug-likeness (QED) is 0.482. The lowest BCUT2D eigenvalue weighted by molar-refractivity contribution is 0.0952. The Balaban J connectivity index is 1.39. The first-order valence-corrected chi connectivity index (χ1v) is 12.3. The van der Waals surface area contributed by atoms with Crippen molar-refractivity contribution < 1.29 is 17.9 Å². The molecule has 0 unspecified atom stereocenters. The Bertz CT molecular complexity index is 1200. The Morgan fingerprint density at radius 2 is 1.97 bits per heavy atom. The van der Waals surface area contributed by atoms with Gasteiger partial charge in [-0.05, 0) is 49.6 Å². The number of aromatic nitrogens is 2. The second-order valence-electron chi connectivity index (χ2n) is 8.00. The van der Waals surface area contributed by atoms with Crippen molar-refractivity contribution in [3.63, 3.8) is 0 Å². The second kappa shape index (κ2) is 9.70. The lowest BCUT2D eigenvalue weighted by atomic mass is 10.2. The van der Waals surface area contributed by atoms with E-state index in [1.165, 1.54) is 19.2 Å². The summed E-state index contributed by atoms with van der Waals surface area (Å²) >= 11 is 0. The molecule has 1 aromatic heterocycles. The van der Waals surface area contributed by atoms with E-state index >= 15 is 0 Å². The number of amides is 1. The van der Waals surface area contributed by atoms with Crippen molar-refractivity contribution in [2.24, 2.45) is 0 Å². The number of methoxy groups -OCH3 is 1. The molecule has 1 fully saturated rings. The van der Waals surface area contributed by atoms with Crippen LogP contribution in [0.15, 0.2) is 53.7 Å². The van der Waals surface area contributed by atoms with Gasteiger partial charge in [0.25, 0.3) is 5.91 Å². The molecule has 32 heavy (non-hydrogen) atoms. The molecule has 0 saturated heterocycles. The minimum absolute atomic E-state index is 0.00978. The number of carbonyl (C=O) groups is 1. The zero-order chi connectivity index (χ0) is 22.6. The number of sulfonamides is 1. The molecule has 1 aliphatic carbocycles. The smallest absolute Gasteiger partial charge is 0.251 e. The largest absolute Gasteiger partial charge is 0.495 e. The maximum Gasteiger partial charge on any atom is 0.251 e. The van der Waals surface area contributed by atoms with Crippen LogP contribution in [0.2, 0.25) is 0 Å². The molecule has 4 rings (SSSR count). The standard InChI is InChI=1S/C23H28N4O4S/c1-31-21-12-11-17(15-22(21)32(29,30)26-18-7-2-3-8-18)23(28)24-13-6-14-27-16-25-19-9-4-5-10-20(19)27/h4-5,9-12,15-16,18,26H,2-3,6-8,13-14H2,1H3,(H,24,28). The molecule has 9 heteroatoms. The molecule has 1 heterocycles. The average molecular weight is 457 g/mol. The van der Waals surface area contributed by atoms with E-state index in [4.69, 9.17) is 4.74 Å². The van der Waals surface area contributed by atoms with Gasteiger partial charge in [0.2, 0.25) is 10.0 Å². The predicted molar refractivity (Wildman–Crippen MR) is 122 cm³/mol. The second-order valence-corrected chi connectivity index (χ2v) is 9.69. The highest BCUT2D eigenvalue weighted by Gasteiger charge is 2.26. The number of imidazole rings is 1. The number of para-hydroxylation sites is 2. The summed E-state index contributed by atoms with van der Waals surface area (Å²) < 4.78 is 35.9. The van der Waals surface area contributed by atoms with Gasteiger partial charge in [0.05, 0.1) is 24.5 Å². The van der Waals surface area contributed by atoms with Crippen LogP contribution >= 0.6 is 0 Å². The Morgan fingerprint density at radius 1 is 1.19 bits per heavy atom. The number of aryl methyl sites for hydroxylation is 1. The fourth-order valence-electron chi connectivity index (χ4n) is 4.10. The molecule has 3 aromatic rings. The summed E-state index contributed by atoms with van der Waals surface area (Å²) in [6.07, 6.45) is 6.20. The molecule has 170 valence electrons. The van der Waals surface area contributed by atoms with Crippen molar-refractivity contribution in [3.8, 4) is 5.75 Å². The fourth-order valence-corrected chi connectivity index (χ4v) is 5.60. The molecule has 0 bridgehead atoms. The Hall–Kier alpha value is -2.91. The summed E-state index contributed by atoms with van der Waals surface area (Å²) in [6.45, 7) is 1.17.